The van der Waals surface area contributed by atoms with Crippen molar-refractivity contribution in [2.24, 2.45) is 0 Å². The molecule has 0 atom stereocenters. The van der Waals surface area contributed by atoms with Crippen molar-refractivity contribution in [1.82, 2.24) is 5.32 Å². The molecule has 2 heterocycles. The number of furan rings is 1. The van der Waals surface area contributed by atoms with Gasteiger partial charge in [0.15, 0.2) is 0 Å². The maximum Gasteiger partial charge on any atom is 0.209 e. The fourth-order valence-corrected chi connectivity index (χ4v) is 4.35. The van der Waals surface area contributed by atoms with Crippen LogP contribution in [-0.2, 0) is 22.8 Å². The van der Waals surface area contributed by atoms with Crippen LogP contribution < -0.4 is 5.32 Å². The molecule has 0 unspecified atom stereocenters. The highest BCUT2D eigenvalue weighted by atomic mass is 32.2. The zero-order chi connectivity index (χ0) is 16.9. The van der Waals surface area contributed by atoms with Gasteiger partial charge in [-0.3, -0.25) is 0 Å². The van der Waals surface area contributed by atoms with Gasteiger partial charge in [-0.15, -0.1) is 0 Å². The Bertz CT molecular complexity index is 1060. The van der Waals surface area contributed by atoms with Gasteiger partial charge >= 0.3 is 0 Å². The van der Waals surface area contributed by atoms with E-state index >= 15 is 0 Å². The lowest BCUT2D eigenvalue weighted by atomic mass is 10.1. The molecular weight excluding hydrogens is 336 g/mol. The van der Waals surface area contributed by atoms with Crippen LogP contribution in [-0.4, -0.2) is 15.0 Å². The Labute approximate surface area is 137 Å². The summed E-state index contributed by atoms with van der Waals surface area (Å²) in [5, 5.41) is 4.04. The number of sulfone groups is 1. The first kappa shape index (κ1) is 15.3. The van der Waals surface area contributed by atoms with Crippen molar-refractivity contribution < 1.29 is 21.6 Å². The van der Waals surface area contributed by atoms with Crippen LogP contribution in [0.5, 0.6) is 0 Å². The molecule has 3 aromatic rings. The van der Waals surface area contributed by atoms with Crippen LogP contribution in [0.25, 0.3) is 11.0 Å². The first-order chi connectivity index (χ1) is 11.5. The van der Waals surface area contributed by atoms with Crippen molar-refractivity contribution in [2.45, 2.75) is 22.8 Å². The van der Waals surface area contributed by atoms with Gasteiger partial charge < -0.3 is 9.73 Å². The number of hydrogen-bond donors (Lipinski definition) is 1. The van der Waals surface area contributed by atoms with E-state index in [-0.39, 0.29) is 4.90 Å². The third-order valence-electron chi connectivity index (χ3n) is 4.18. The summed E-state index contributed by atoms with van der Waals surface area (Å²) in [5.74, 6) is -1.02. The molecule has 7 heteroatoms. The van der Waals surface area contributed by atoms with Crippen LogP contribution in [0.1, 0.15) is 11.3 Å². The SMILES string of the molecule is O=S(=O)(c1ccc2c3c(oc2c1)CNCC3)c1cc(F)ccc1F. The lowest BCUT2D eigenvalue weighted by molar-refractivity contribution is 0.487. The first-order valence-corrected chi connectivity index (χ1v) is 8.90. The predicted molar refractivity (Wildman–Crippen MR) is 83.4 cm³/mol. The van der Waals surface area contributed by atoms with Crippen LogP contribution in [0.3, 0.4) is 0 Å². The largest absolute Gasteiger partial charge is 0.459 e. The summed E-state index contributed by atoms with van der Waals surface area (Å²) in [5.41, 5.74) is 1.49. The molecule has 0 saturated carbocycles. The lowest BCUT2D eigenvalue weighted by Crippen LogP contribution is -2.22. The summed E-state index contributed by atoms with van der Waals surface area (Å²) in [6.45, 7) is 1.42. The number of benzene rings is 2. The Morgan fingerprint density at radius 3 is 2.75 bits per heavy atom. The van der Waals surface area contributed by atoms with Crippen LogP contribution >= 0.6 is 0 Å². The van der Waals surface area contributed by atoms with Crippen molar-refractivity contribution in [2.75, 3.05) is 6.54 Å². The molecule has 0 bridgehead atoms. The normalized spacial score (nSPS) is 14.8. The average Bonchev–Trinajstić information content (AvgIpc) is 2.94. The van der Waals surface area contributed by atoms with Crippen LogP contribution in [0, 0.1) is 11.6 Å². The van der Waals surface area contributed by atoms with Gasteiger partial charge in [0, 0.05) is 17.0 Å². The summed E-state index contributed by atoms with van der Waals surface area (Å²) >= 11 is 0. The van der Waals surface area contributed by atoms with Crippen LogP contribution in [0.15, 0.2) is 50.6 Å². The highest BCUT2D eigenvalue weighted by Crippen LogP contribution is 2.32. The Balaban J connectivity index is 1.88. The molecule has 124 valence electrons. The Hall–Kier alpha value is -2.25. The van der Waals surface area contributed by atoms with E-state index in [0.717, 1.165) is 41.8 Å². The molecule has 24 heavy (non-hydrogen) atoms. The Morgan fingerprint density at radius 1 is 1.08 bits per heavy atom. The molecule has 1 N–H and O–H groups in total. The third-order valence-corrected chi connectivity index (χ3v) is 5.94. The minimum atomic E-state index is -4.18. The molecule has 0 fully saturated rings. The van der Waals surface area contributed by atoms with Crippen molar-refractivity contribution in [3.8, 4) is 0 Å². The molecule has 1 aliphatic rings. The predicted octanol–water partition coefficient (Wildman–Crippen LogP) is 3.19. The minimum Gasteiger partial charge on any atom is -0.459 e. The van der Waals surface area contributed by atoms with E-state index in [2.05, 4.69) is 5.32 Å². The van der Waals surface area contributed by atoms with Gasteiger partial charge in [-0.05, 0) is 43.3 Å². The van der Waals surface area contributed by atoms with Gasteiger partial charge in [0.1, 0.15) is 27.9 Å². The average molecular weight is 349 g/mol. The Morgan fingerprint density at radius 2 is 1.92 bits per heavy atom. The molecule has 4 nitrogen and oxygen atoms in total. The summed E-state index contributed by atoms with van der Waals surface area (Å²) in [6.07, 6.45) is 0.799. The van der Waals surface area contributed by atoms with Gasteiger partial charge in [-0.1, -0.05) is 0 Å². The van der Waals surface area contributed by atoms with E-state index in [1.165, 1.54) is 12.1 Å². The maximum absolute atomic E-state index is 13.9. The zero-order valence-corrected chi connectivity index (χ0v) is 13.3. The summed E-state index contributed by atoms with van der Waals surface area (Å²) in [4.78, 5) is -0.807. The van der Waals surface area contributed by atoms with Crippen molar-refractivity contribution >= 4 is 20.8 Å². The second-order valence-electron chi connectivity index (χ2n) is 5.67. The number of fused-ring (bicyclic) bond motifs is 3. The fourth-order valence-electron chi connectivity index (χ4n) is 2.99. The molecule has 0 spiro atoms. The summed E-state index contributed by atoms with van der Waals surface area (Å²) in [6, 6.07) is 6.80. The van der Waals surface area contributed by atoms with E-state index in [1.54, 1.807) is 6.07 Å². The van der Waals surface area contributed by atoms with Crippen molar-refractivity contribution in [3.05, 3.63) is 59.4 Å². The third kappa shape index (κ3) is 2.32. The summed E-state index contributed by atoms with van der Waals surface area (Å²) < 4.78 is 58.2. The van der Waals surface area contributed by atoms with E-state index < -0.39 is 26.4 Å². The van der Waals surface area contributed by atoms with E-state index in [1.807, 2.05) is 0 Å². The van der Waals surface area contributed by atoms with Gasteiger partial charge in [-0.25, -0.2) is 17.2 Å². The van der Waals surface area contributed by atoms with Crippen molar-refractivity contribution in [3.63, 3.8) is 0 Å². The molecule has 2 aromatic carbocycles. The molecule has 0 saturated heterocycles. The molecule has 1 aromatic heterocycles. The monoisotopic (exact) mass is 349 g/mol. The lowest BCUT2D eigenvalue weighted by Gasteiger charge is -2.10. The van der Waals surface area contributed by atoms with Gasteiger partial charge in [0.25, 0.3) is 0 Å². The molecule has 0 aliphatic carbocycles. The standard InChI is InChI=1S/C17H13F2NO3S/c18-10-1-4-14(19)17(7-10)24(21,22)11-2-3-12-13-5-6-20-9-16(13)23-15(12)8-11/h1-4,7-8,20H,5-6,9H2. The van der Waals surface area contributed by atoms with Gasteiger partial charge in [0.05, 0.1) is 11.4 Å². The highest BCUT2D eigenvalue weighted by Gasteiger charge is 2.25. The van der Waals surface area contributed by atoms with E-state index in [4.69, 9.17) is 4.42 Å². The maximum atomic E-state index is 13.9. The number of nitrogens with one attached hydrogen (secondary N) is 1. The first-order valence-electron chi connectivity index (χ1n) is 7.42. The van der Waals surface area contributed by atoms with Gasteiger partial charge in [-0.2, -0.15) is 0 Å². The number of halogens is 2. The summed E-state index contributed by atoms with van der Waals surface area (Å²) in [7, 11) is -4.18. The molecule has 0 radical (unpaired) electrons. The minimum absolute atomic E-state index is 0.126. The van der Waals surface area contributed by atoms with Crippen LogP contribution in [0.2, 0.25) is 0 Å². The highest BCUT2D eigenvalue weighted by molar-refractivity contribution is 7.91. The smallest absolute Gasteiger partial charge is 0.209 e. The number of rotatable bonds is 2. The molecule has 4 rings (SSSR count). The molecular formula is C17H13F2NO3S. The molecule has 0 amide bonds. The second-order valence-corrected chi connectivity index (χ2v) is 7.58. The van der Waals surface area contributed by atoms with E-state index in [9.17, 15) is 17.2 Å². The topological polar surface area (TPSA) is 59.3 Å². The van der Waals surface area contributed by atoms with Gasteiger partial charge in [0.2, 0.25) is 9.84 Å². The second kappa shape index (κ2) is 5.39. The quantitative estimate of drug-likeness (QED) is 0.772. The van der Waals surface area contributed by atoms with Crippen molar-refractivity contribution in [1.29, 1.82) is 0 Å². The zero-order valence-electron chi connectivity index (χ0n) is 12.5. The Kier molecular flexibility index (Phi) is 3.43. The van der Waals surface area contributed by atoms with E-state index in [0.29, 0.717) is 18.2 Å². The fraction of sp³-hybridized carbons (Fsp3) is 0.176. The molecule has 1 aliphatic heterocycles. The van der Waals surface area contributed by atoms with Crippen LogP contribution in [0.4, 0.5) is 8.78 Å². The number of hydrogen-bond acceptors (Lipinski definition) is 4.